The van der Waals surface area contributed by atoms with Crippen LogP contribution >= 0.6 is 0 Å². The van der Waals surface area contributed by atoms with Crippen LogP contribution in [0.2, 0.25) is 0 Å². The van der Waals surface area contributed by atoms with Crippen molar-refractivity contribution in [2.75, 3.05) is 0 Å². The van der Waals surface area contributed by atoms with Gasteiger partial charge in [-0.05, 0) is 19.8 Å². The molecule has 1 unspecified atom stereocenters. The lowest BCUT2D eigenvalue weighted by atomic mass is 10.0. The van der Waals surface area contributed by atoms with Gasteiger partial charge in [-0.15, -0.1) is 5.92 Å². The summed E-state index contributed by atoms with van der Waals surface area (Å²) in [6.07, 6.45) is 3.72. The predicted molar refractivity (Wildman–Crippen MR) is 53.3 cm³/mol. The number of carboxylic acids is 1. The Morgan fingerprint density at radius 2 is 2.14 bits per heavy atom. The Morgan fingerprint density at radius 3 is 2.64 bits per heavy atom. The number of nitrogens with zero attached hydrogens (tertiary/aromatic N) is 1. The third kappa shape index (κ3) is 6.08. The maximum atomic E-state index is 10.7. The van der Waals surface area contributed by atoms with Crippen molar-refractivity contribution >= 4 is 5.97 Å². The number of hydrogen-bond acceptors (Lipinski definition) is 2. The van der Waals surface area contributed by atoms with E-state index in [0.29, 0.717) is 12.8 Å². The van der Waals surface area contributed by atoms with Gasteiger partial charge in [-0.3, -0.25) is 4.79 Å². The standard InChI is InChI=1S/C11H15NO2/c1-2-7-10(11(13)14)8-5-3-4-6-9-12/h10H,3-6,8H2,1H3,(H,13,14). The van der Waals surface area contributed by atoms with Crippen molar-refractivity contribution in [1.29, 1.82) is 5.26 Å². The van der Waals surface area contributed by atoms with Gasteiger partial charge in [-0.1, -0.05) is 18.8 Å². The molecule has 0 bridgehead atoms. The molecule has 0 heterocycles. The first-order chi connectivity index (χ1) is 6.72. The van der Waals surface area contributed by atoms with E-state index in [2.05, 4.69) is 17.9 Å². The topological polar surface area (TPSA) is 61.1 Å². The van der Waals surface area contributed by atoms with Crippen LogP contribution in [-0.4, -0.2) is 11.1 Å². The van der Waals surface area contributed by atoms with E-state index in [1.165, 1.54) is 0 Å². The van der Waals surface area contributed by atoms with Gasteiger partial charge >= 0.3 is 5.97 Å². The average molecular weight is 193 g/mol. The molecule has 0 aromatic rings. The molecule has 14 heavy (non-hydrogen) atoms. The Hall–Kier alpha value is -1.48. The van der Waals surface area contributed by atoms with Gasteiger partial charge in [0.05, 0.1) is 6.07 Å². The van der Waals surface area contributed by atoms with Crippen molar-refractivity contribution in [3.8, 4) is 17.9 Å². The van der Waals surface area contributed by atoms with Crippen molar-refractivity contribution < 1.29 is 9.90 Å². The van der Waals surface area contributed by atoms with Gasteiger partial charge in [0.25, 0.3) is 0 Å². The number of carbonyl (C=O) groups is 1. The molecule has 0 amide bonds. The second kappa shape index (κ2) is 8.13. The second-order valence-electron chi connectivity index (χ2n) is 3.04. The monoisotopic (exact) mass is 193 g/mol. The van der Waals surface area contributed by atoms with Gasteiger partial charge in [0.15, 0.2) is 0 Å². The summed E-state index contributed by atoms with van der Waals surface area (Å²) >= 11 is 0. The molecule has 1 N–H and O–H groups in total. The Labute approximate surface area is 84.7 Å². The Morgan fingerprint density at radius 1 is 1.43 bits per heavy atom. The molecular formula is C11H15NO2. The lowest BCUT2D eigenvalue weighted by Gasteiger charge is -2.03. The molecule has 0 aliphatic rings. The molecule has 0 radical (unpaired) electrons. The quantitative estimate of drug-likeness (QED) is 0.519. The highest BCUT2D eigenvalue weighted by molar-refractivity contribution is 5.73. The van der Waals surface area contributed by atoms with Crippen LogP contribution in [-0.2, 0) is 4.79 Å². The average Bonchev–Trinajstić information content (AvgIpc) is 2.15. The number of unbranched alkanes of at least 4 members (excludes halogenated alkanes) is 3. The van der Waals surface area contributed by atoms with Crippen molar-refractivity contribution in [2.24, 2.45) is 5.92 Å². The minimum atomic E-state index is -0.848. The van der Waals surface area contributed by atoms with Gasteiger partial charge in [0.2, 0.25) is 0 Å². The highest BCUT2D eigenvalue weighted by Gasteiger charge is 2.12. The summed E-state index contributed by atoms with van der Waals surface area (Å²) in [5, 5.41) is 17.0. The highest BCUT2D eigenvalue weighted by Crippen LogP contribution is 2.10. The summed E-state index contributed by atoms with van der Waals surface area (Å²) in [4.78, 5) is 10.7. The minimum Gasteiger partial charge on any atom is -0.480 e. The molecule has 0 saturated heterocycles. The first kappa shape index (κ1) is 12.5. The molecule has 3 heteroatoms. The summed E-state index contributed by atoms with van der Waals surface area (Å²) in [6.45, 7) is 1.64. The largest absolute Gasteiger partial charge is 0.480 e. The van der Waals surface area contributed by atoms with Gasteiger partial charge < -0.3 is 5.11 Å². The second-order valence-corrected chi connectivity index (χ2v) is 3.04. The van der Waals surface area contributed by atoms with Gasteiger partial charge in [-0.2, -0.15) is 5.26 Å². The Bertz CT molecular complexity index is 267. The molecular weight excluding hydrogens is 178 g/mol. The third-order valence-corrected chi connectivity index (χ3v) is 1.90. The van der Waals surface area contributed by atoms with Gasteiger partial charge in [-0.25, -0.2) is 0 Å². The van der Waals surface area contributed by atoms with Crippen LogP contribution in [0.3, 0.4) is 0 Å². The van der Waals surface area contributed by atoms with E-state index in [4.69, 9.17) is 10.4 Å². The Kier molecular flexibility index (Phi) is 7.27. The fraction of sp³-hybridized carbons (Fsp3) is 0.636. The zero-order chi connectivity index (χ0) is 10.8. The highest BCUT2D eigenvalue weighted by atomic mass is 16.4. The van der Waals surface area contributed by atoms with Crippen molar-refractivity contribution in [3.05, 3.63) is 0 Å². The lowest BCUT2D eigenvalue weighted by Crippen LogP contribution is -2.11. The SMILES string of the molecule is CC#CC(CCCCCC#N)C(=O)O. The van der Waals surface area contributed by atoms with Crippen molar-refractivity contribution in [2.45, 2.75) is 39.0 Å². The molecule has 1 atom stereocenters. The van der Waals surface area contributed by atoms with Crippen LogP contribution in [0.25, 0.3) is 0 Å². The van der Waals surface area contributed by atoms with Crippen LogP contribution in [0.1, 0.15) is 39.0 Å². The van der Waals surface area contributed by atoms with E-state index in [-0.39, 0.29) is 0 Å². The normalized spacial score (nSPS) is 10.9. The van der Waals surface area contributed by atoms with Crippen LogP contribution in [0.5, 0.6) is 0 Å². The van der Waals surface area contributed by atoms with E-state index in [0.717, 1.165) is 19.3 Å². The first-order valence-electron chi connectivity index (χ1n) is 4.74. The number of aliphatic carboxylic acids is 1. The van der Waals surface area contributed by atoms with E-state index >= 15 is 0 Å². The molecule has 0 rings (SSSR count). The molecule has 0 fully saturated rings. The molecule has 3 nitrogen and oxygen atoms in total. The first-order valence-corrected chi connectivity index (χ1v) is 4.74. The smallest absolute Gasteiger partial charge is 0.318 e. The number of nitriles is 1. The Balaban J connectivity index is 3.66. The number of hydrogen-bond donors (Lipinski definition) is 1. The predicted octanol–water partition coefficient (Wildman–Crippen LogP) is 2.18. The van der Waals surface area contributed by atoms with E-state index in [1.54, 1.807) is 6.92 Å². The van der Waals surface area contributed by atoms with Gasteiger partial charge in [0, 0.05) is 6.42 Å². The fourth-order valence-corrected chi connectivity index (χ4v) is 1.16. The molecule has 0 spiro atoms. The summed E-state index contributed by atoms with van der Waals surface area (Å²) < 4.78 is 0. The van der Waals surface area contributed by atoms with Crippen LogP contribution in [0.4, 0.5) is 0 Å². The van der Waals surface area contributed by atoms with Gasteiger partial charge in [0.1, 0.15) is 5.92 Å². The maximum Gasteiger partial charge on any atom is 0.318 e. The van der Waals surface area contributed by atoms with E-state index in [9.17, 15) is 4.79 Å². The molecule has 0 saturated carbocycles. The molecule has 76 valence electrons. The lowest BCUT2D eigenvalue weighted by molar-refractivity contribution is -0.139. The summed E-state index contributed by atoms with van der Waals surface area (Å²) in [5.74, 6) is 3.89. The fourth-order valence-electron chi connectivity index (χ4n) is 1.16. The van der Waals surface area contributed by atoms with Crippen LogP contribution in [0.15, 0.2) is 0 Å². The summed E-state index contributed by atoms with van der Waals surface area (Å²) in [5.41, 5.74) is 0. The van der Waals surface area contributed by atoms with E-state index < -0.39 is 11.9 Å². The zero-order valence-electron chi connectivity index (χ0n) is 8.42. The third-order valence-electron chi connectivity index (χ3n) is 1.90. The summed E-state index contributed by atoms with van der Waals surface area (Å²) in [7, 11) is 0. The molecule has 0 aromatic heterocycles. The van der Waals surface area contributed by atoms with Crippen molar-refractivity contribution in [1.82, 2.24) is 0 Å². The molecule has 0 aromatic carbocycles. The van der Waals surface area contributed by atoms with Crippen LogP contribution < -0.4 is 0 Å². The molecule has 0 aliphatic carbocycles. The summed E-state index contributed by atoms with van der Waals surface area (Å²) in [6, 6.07) is 2.06. The maximum absolute atomic E-state index is 10.7. The zero-order valence-corrected chi connectivity index (χ0v) is 8.42. The molecule has 0 aliphatic heterocycles. The number of rotatable bonds is 6. The minimum absolute atomic E-state index is 0.540. The van der Waals surface area contributed by atoms with Crippen LogP contribution in [0, 0.1) is 29.1 Å². The van der Waals surface area contributed by atoms with Crippen molar-refractivity contribution in [3.63, 3.8) is 0 Å². The van der Waals surface area contributed by atoms with E-state index in [1.807, 2.05) is 0 Å². The number of carboxylic acid groups (broad SMARTS) is 1.